The van der Waals surface area contributed by atoms with Gasteiger partial charge in [0.25, 0.3) is 0 Å². The SMILES string of the molecule is CNCCn1cc(S(=O)(=O)NCC(C)N(C)C)cn1. The second-order valence-corrected chi connectivity index (χ2v) is 6.47. The average molecular weight is 289 g/mol. The van der Waals surface area contributed by atoms with Gasteiger partial charge < -0.3 is 10.2 Å². The van der Waals surface area contributed by atoms with Crippen molar-refractivity contribution in [2.24, 2.45) is 0 Å². The van der Waals surface area contributed by atoms with Gasteiger partial charge in [0, 0.05) is 25.3 Å². The highest BCUT2D eigenvalue weighted by atomic mass is 32.2. The second-order valence-electron chi connectivity index (χ2n) is 4.71. The van der Waals surface area contributed by atoms with Crippen LogP contribution in [0.2, 0.25) is 0 Å². The summed E-state index contributed by atoms with van der Waals surface area (Å²) < 4.78 is 28.3. The molecule has 2 N–H and O–H groups in total. The first-order valence-corrected chi connectivity index (χ1v) is 7.68. The van der Waals surface area contributed by atoms with Crippen molar-refractivity contribution in [3.05, 3.63) is 12.4 Å². The van der Waals surface area contributed by atoms with Crippen LogP contribution in [0.15, 0.2) is 17.3 Å². The molecule has 0 aliphatic heterocycles. The van der Waals surface area contributed by atoms with E-state index in [1.54, 1.807) is 10.9 Å². The standard InChI is InChI=1S/C11H23N5O2S/c1-10(15(3)4)7-14-19(17,18)11-8-13-16(9-11)6-5-12-2/h8-10,12,14H,5-7H2,1-4H3. The van der Waals surface area contributed by atoms with E-state index >= 15 is 0 Å². The van der Waals surface area contributed by atoms with E-state index in [0.717, 1.165) is 6.54 Å². The Kier molecular flexibility index (Phi) is 5.92. The van der Waals surface area contributed by atoms with Crippen molar-refractivity contribution in [2.75, 3.05) is 34.2 Å². The molecule has 0 aliphatic rings. The summed E-state index contributed by atoms with van der Waals surface area (Å²) in [5.41, 5.74) is 0. The molecule has 19 heavy (non-hydrogen) atoms. The van der Waals surface area contributed by atoms with Gasteiger partial charge in [-0.15, -0.1) is 0 Å². The molecule has 0 saturated heterocycles. The molecule has 1 aromatic rings. The zero-order chi connectivity index (χ0) is 14.5. The Bertz CT molecular complexity index is 483. The van der Waals surface area contributed by atoms with Crippen LogP contribution in [0.3, 0.4) is 0 Å². The molecule has 1 heterocycles. The maximum atomic E-state index is 12.0. The molecule has 1 atom stereocenters. The first-order chi connectivity index (χ1) is 8.86. The van der Waals surface area contributed by atoms with Gasteiger partial charge in [0.15, 0.2) is 0 Å². The van der Waals surface area contributed by atoms with E-state index in [-0.39, 0.29) is 10.9 Å². The van der Waals surface area contributed by atoms with Crippen LogP contribution in [0.1, 0.15) is 6.92 Å². The van der Waals surface area contributed by atoms with Gasteiger partial charge in [-0.3, -0.25) is 4.68 Å². The minimum atomic E-state index is -3.47. The summed E-state index contributed by atoms with van der Waals surface area (Å²) in [6.07, 6.45) is 2.92. The van der Waals surface area contributed by atoms with Crippen LogP contribution < -0.4 is 10.0 Å². The molecule has 0 bridgehead atoms. The highest BCUT2D eigenvalue weighted by Crippen LogP contribution is 2.07. The summed E-state index contributed by atoms with van der Waals surface area (Å²) in [6, 6.07) is 0.133. The fraction of sp³-hybridized carbons (Fsp3) is 0.727. The molecular formula is C11H23N5O2S. The normalized spacial score (nSPS) is 13.9. The van der Waals surface area contributed by atoms with E-state index in [1.165, 1.54) is 6.20 Å². The van der Waals surface area contributed by atoms with E-state index in [2.05, 4.69) is 15.1 Å². The van der Waals surface area contributed by atoms with Gasteiger partial charge in [-0.1, -0.05) is 0 Å². The largest absolute Gasteiger partial charge is 0.318 e. The van der Waals surface area contributed by atoms with Crippen molar-refractivity contribution in [3.63, 3.8) is 0 Å². The van der Waals surface area contributed by atoms with Crippen LogP contribution >= 0.6 is 0 Å². The van der Waals surface area contributed by atoms with Crippen molar-refractivity contribution in [2.45, 2.75) is 24.4 Å². The number of rotatable bonds is 8. The van der Waals surface area contributed by atoms with Crippen molar-refractivity contribution in [1.29, 1.82) is 0 Å². The monoisotopic (exact) mass is 289 g/mol. The molecule has 8 heteroatoms. The summed E-state index contributed by atoms with van der Waals surface area (Å²) in [4.78, 5) is 2.16. The van der Waals surface area contributed by atoms with E-state index in [4.69, 9.17) is 0 Å². The van der Waals surface area contributed by atoms with Gasteiger partial charge in [0.2, 0.25) is 10.0 Å². The molecule has 0 aliphatic carbocycles. The lowest BCUT2D eigenvalue weighted by Gasteiger charge is -2.19. The molecule has 7 nitrogen and oxygen atoms in total. The number of hydrogen-bond donors (Lipinski definition) is 2. The molecule has 0 amide bonds. The fourth-order valence-electron chi connectivity index (χ4n) is 1.33. The predicted octanol–water partition coefficient (Wildman–Crippen LogP) is -0.669. The lowest BCUT2D eigenvalue weighted by atomic mass is 10.3. The molecule has 1 unspecified atom stereocenters. The third-order valence-electron chi connectivity index (χ3n) is 2.96. The second kappa shape index (κ2) is 6.99. The van der Waals surface area contributed by atoms with Crippen molar-refractivity contribution in [1.82, 2.24) is 24.7 Å². The van der Waals surface area contributed by atoms with E-state index < -0.39 is 10.0 Å². The Morgan fingerprint density at radius 1 is 1.47 bits per heavy atom. The lowest BCUT2D eigenvalue weighted by molar-refractivity contribution is 0.314. The molecule has 0 fully saturated rings. The summed E-state index contributed by atoms with van der Waals surface area (Å²) in [7, 11) is 2.19. The number of nitrogens with one attached hydrogen (secondary N) is 2. The van der Waals surface area contributed by atoms with Gasteiger partial charge >= 0.3 is 0 Å². The third-order valence-corrected chi connectivity index (χ3v) is 4.34. The predicted molar refractivity (Wildman–Crippen MR) is 74.5 cm³/mol. The first kappa shape index (κ1) is 16.1. The van der Waals surface area contributed by atoms with E-state index in [1.807, 2.05) is 33.0 Å². The first-order valence-electron chi connectivity index (χ1n) is 6.20. The van der Waals surface area contributed by atoms with E-state index in [0.29, 0.717) is 13.1 Å². The van der Waals surface area contributed by atoms with Crippen molar-refractivity contribution < 1.29 is 8.42 Å². The van der Waals surface area contributed by atoms with Gasteiger partial charge in [0.1, 0.15) is 4.90 Å². The van der Waals surface area contributed by atoms with Gasteiger partial charge in [-0.2, -0.15) is 5.10 Å². The maximum Gasteiger partial charge on any atom is 0.243 e. The Labute approximate surface area is 115 Å². The smallest absolute Gasteiger partial charge is 0.243 e. The molecule has 0 spiro atoms. The molecule has 1 rings (SSSR count). The van der Waals surface area contributed by atoms with Crippen LogP contribution in [0.25, 0.3) is 0 Å². The van der Waals surface area contributed by atoms with Crippen LogP contribution in [0.5, 0.6) is 0 Å². The van der Waals surface area contributed by atoms with E-state index in [9.17, 15) is 8.42 Å². The number of likely N-dealkylation sites (N-methyl/N-ethyl adjacent to an activating group) is 2. The average Bonchev–Trinajstić information content (AvgIpc) is 2.82. The van der Waals surface area contributed by atoms with Crippen molar-refractivity contribution in [3.8, 4) is 0 Å². The molecule has 1 aromatic heterocycles. The number of nitrogens with zero attached hydrogens (tertiary/aromatic N) is 3. The summed E-state index contributed by atoms with van der Waals surface area (Å²) in [5, 5.41) is 7.01. The fourth-order valence-corrected chi connectivity index (χ4v) is 2.40. The summed E-state index contributed by atoms with van der Waals surface area (Å²) in [6.45, 7) is 3.71. The summed E-state index contributed by atoms with van der Waals surface area (Å²) >= 11 is 0. The molecule has 0 saturated carbocycles. The molecule has 0 aromatic carbocycles. The van der Waals surface area contributed by atoms with Crippen LogP contribution in [0, 0.1) is 0 Å². The number of sulfonamides is 1. The van der Waals surface area contributed by atoms with Crippen LogP contribution in [0.4, 0.5) is 0 Å². The minimum Gasteiger partial charge on any atom is -0.318 e. The Morgan fingerprint density at radius 2 is 2.16 bits per heavy atom. The minimum absolute atomic E-state index is 0.133. The Morgan fingerprint density at radius 3 is 2.74 bits per heavy atom. The Hall–Kier alpha value is -0.960. The zero-order valence-corrected chi connectivity index (χ0v) is 12.7. The highest BCUT2D eigenvalue weighted by Gasteiger charge is 2.17. The van der Waals surface area contributed by atoms with Crippen molar-refractivity contribution >= 4 is 10.0 Å². The molecular weight excluding hydrogens is 266 g/mol. The lowest BCUT2D eigenvalue weighted by Crippen LogP contribution is -2.38. The van der Waals surface area contributed by atoms with Crippen LogP contribution in [-0.2, 0) is 16.6 Å². The number of aromatic nitrogens is 2. The summed E-state index contributed by atoms with van der Waals surface area (Å²) in [5.74, 6) is 0. The molecule has 0 radical (unpaired) electrons. The van der Waals surface area contributed by atoms with Crippen LogP contribution in [-0.4, -0.2) is 63.4 Å². The molecule has 110 valence electrons. The third kappa shape index (κ3) is 4.90. The Balaban J connectivity index is 2.64. The topological polar surface area (TPSA) is 79.3 Å². The zero-order valence-electron chi connectivity index (χ0n) is 11.9. The maximum absolute atomic E-state index is 12.0. The van der Waals surface area contributed by atoms with Gasteiger partial charge in [-0.25, -0.2) is 13.1 Å². The number of hydrogen-bond acceptors (Lipinski definition) is 5. The van der Waals surface area contributed by atoms with Gasteiger partial charge in [0.05, 0.1) is 12.7 Å². The highest BCUT2D eigenvalue weighted by molar-refractivity contribution is 7.89. The quantitative estimate of drug-likeness (QED) is 0.663. The van der Waals surface area contributed by atoms with Gasteiger partial charge in [-0.05, 0) is 28.1 Å².